The summed E-state index contributed by atoms with van der Waals surface area (Å²) in [6, 6.07) is 122. The van der Waals surface area contributed by atoms with E-state index in [1.54, 1.807) is 0 Å². The van der Waals surface area contributed by atoms with E-state index in [0.29, 0.717) is 11.8 Å². The van der Waals surface area contributed by atoms with Gasteiger partial charge in [0.1, 0.15) is 0 Å². The summed E-state index contributed by atoms with van der Waals surface area (Å²) in [6.45, 7) is 0. The third kappa shape index (κ3) is 8.85. The zero-order valence-corrected chi connectivity index (χ0v) is 52.9. The highest BCUT2D eigenvalue weighted by Gasteiger charge is 2.24. The highest BCUT2D eigenvalue weighted by Crippen LogP contribution is 2.44. The number of rotatable bonds is 10. The van der Waals surface area contributed by atoms with E-state index in [-0.39, 0.29) is 0 Å². The summed E-state index contributed by atoms with van der Waals surface area (Å²) in [5.74, 6) is 1.24. The molecule has 0 saturated heterocycles. The number of fused-ring (bicyclic) bond motifs is 13. The van der Waals surface area contributed by atoms with Gasteiger partial charge in [-0.3, -0.25) is 4.57 Å². The number of hydrogen-bond donors (Lipinski definition) is 0. The van der Waals surface area contributed by atoms with Crippen molar-refractivity contribution in [2.24, 2.45) is 0 Å². The second kappa shape index (κ2) is 22.2. The van der Waals surface area contributed by atoms with Crippen molar-refractivity contribution in [3.8, 4) is 90.4 Å². The van der Waals surface area contributed by atoms with Crippen molar-refractivity contribution in [2.45, 2.75) is 0 Å². The van der Waals surface area contributed by atoms with Gasteiger partial charge in [0.05, 0.1) is 66.7 Å². The maximum absolute atomic E-state index is 5.55. The average Bonchev–Trinajstić information content (AvgIpc) is 1.56. The Balaban J connectivity index is 0.784. The lowest BCUT2D eigenvalue weighted by atomic mass is 9.99. The molecule has 20 rings (SSSR count). The fourth-order valence-electron chi connectivity index (χ4n) is 15.3. The monoisotopic (exact) mass is 1250 g/mol. The zero-order valence-electron chi connectivity index (χ0n) is 52.9. The molecule has 98 heavy (non-hydrogen) atoms. The number of aromatic nitrogens is 8. The summed E-state index contributed by atoms with van der Waals surface area (Å²) >= 11 is 0. The van der Waals surface area contributed by atoms with Crippen molar-refractivity contribution >= 4 is 98.1 Å². The fourth-order valence-corrected chi connectivity index (χ4v) is 15.3. The van der Waals surface area contributed by atoms with Gasteiger partial charge < -0.3 is 13.7 Å². The third-order valence-electron chi connectivity index (χ3n) is 19.8. The Kier molecular flexibility index (Phi) is 12.5. The van der Waals surface area contributed by atoms with Crippen LogP contribution >= 0.6 is 0 Å². The molecule has 0 fully saturated rings. The summed E-state index contributed by atoms with van der Waals surface area (Å²) < 4.78 is 9.48. The first-order valence-electron chi connectivity index (χ1n) is 33.3. The van der Waals surface area contributed by atoms with Crippen LogP contribution < -0.4 is 0 Å². The maximum Gasteiger partial charge on any atom is 0.235 e. The molecule has 8 nitrogen and oxygen atoms in total. The molecule has 20 aromatic rings. The Hall–Kier alpha value is -13.3. The molecule has 6 heterocycles. The van der Waals surface area contributed by atoms with Gasteiger partial charge in [-0.15, -0.1) is 0 Å². The fraction of sp³-hybridized carbons (Fsp3) is 0. The van der Waals surface area contributed by atoms with E-state index in [2.05, 4.69) is 346 Å². The van der Waals surface area contributed by atoms with E-state index in [1.807, 2.05) is 12.1 Å². The predicted molar refractivity (Wildman–Crippen MR) is 405 cm³/mol. The molecule has 0 bridgehead atoms. The van der Waals surface area contributed by atoms with Gasteiger partial charge in [-0.25, -0.2) is 19.9 Å². The SMILES string of the molecule is c1ccc(-c2cc(-c3ccccc3)nc(-c3cc(-n4c5ccccc5c5ccccc54)cc(-n4c5ccccc5c5cc(-c6ccc7c8cc(-c9ccc%10c(c9)c9ccccc9n%10-c9ccccc9)ccc8n(-c8nc(-c9ccccc9)c9ccccc9n8)c7c6)ccc54)c3)n2)cc1. The molecular weight excluding hydrogens is 1190 g/mol. The molecule has 0 amide bonds. The minimum absolute atomic E-state index is 0.608. The Bertz CT molecular complexity index is 6490. The van der Waals surface area contributed by atoms with Gasteiger partial charge in [-0.1, -0.05) is 231 Å². The number of nitrogens with zero attached hydrogens (tertiary/aromatic N) is 8. The average molecular weight is 1250 g/mol. The Morgan fingerprint density at radius 3 is 1.05 bits per heavy atom. The first kappa shape index (κ1) is 55.2. The predicted octanol–water partition coefficient (Wildman–Crippen LogP) is 22.8. The van der Waals surface area contributed by atoms with Gasteiger partial charge in [-0.2, -0.15) is 0 Å². The van der Waals surface area contributed by atoms with E-state index in [0.717, 1.165) is 144 Å². The number of para-hydroxylation sites is 6. The first-order valence-corrected chi connectivity index (χ1v) is 33.3. The highest BCUT2D eigenvalue weighted by atomic mass is 15.2. The van der Waals surface area contributed by atoms with Gasteiger partial charge in [-0.05, 0) is 131 Å². The molecule has 0 radical (unpaired) electrons. The van der Waals surface area contributed by atoms with Crippen LogP contribution in [0, 0.1) is 0 Å². The van der Waals surface area contributed by atoms with E-state index >= 15 is 0 Å². The van der Waals surface area contributed by atoms with Crippen LogP contribution in [0.4, 0.5) is 0 Å². The lowest BCUT2D eigenvalue weighted by molar-refractivity contribution is 1.01. The standard InChI is InChI=1S/C90H56N8/c1-5-23-57(24-6-1)78-56-79(58-25-7-2-8-26-58)92-89(91-78)64-49-66(96-80-37-19-14-31-68(80)69-32-15-20-38-81(69)96)55-67(50-64)97-83-40-22-17-34-71(83)75-53-62(43-47-85(75)97)63-41-45-72-76-52-61(60-42-46-84-74(51-60)70-33-16-21-39-82(70)95(84)65-29-11-4-12-30-65)44-48-86(76)98(87(72)54-63)90-93-77-36-18-13-35-73(77)88(94-90)59-27-9-3-10-28-59/h1-56H. The van der Waals surface area contributed by atoms with Crippen LogP contribution in [0.1, 0.15) is 0 Å². The van der Waals surface area contributed by atoms with Gasteiger partial charge in [0.2, 0.25) is 5.95 Å². The molecule has 456 valence electrons. The molecule has 0 atom stereocenters. The molecule has 0 spiro atoms. The van der Waals surface area contributed by atoms with Crippen LogP contribution in [-0.2, 0) is 0 Å². The maximum atomic E-state index is 5.55. The Morgan fingerprint density at radius 1 is 0.184 bits per heavy atom. The van der Waals surface area contributed by atoms with Crippen LogP contribution in [0.5, 0.6) is 0 Å². The van der Waals surface area contributed by atoms with Crippen LogP contribution in [0.2, 0.25) is 0 Å². The largest absolute Gasteiger partial charge is 0.309 e. The molecular formula is C90H56N8. The molecule has 8 heteroatoms. The van der Waals surface area contributed by atoms with Crippen LogP contribution in [-0.4, -0.2) is 38.2 Å². The first-order chi connectivity index (χ1) is 48.6. The lowest BCUT2D eigenvalue weighted by Gasteiger charge is -2.16. The van der Waals surface area contributed by atoms with E-state index in [9.17, 15) is 0 Å². The molecule has 14 aromatic carbocycles. The topological polar surface area (TPSA) is 71.3 Å². The van der Waals surface area contributed by atoms with E-state index in [1.165, 1.54) is 32.6 Å². The van der Waals surface area contributed by atoms with Crippen molar-refractivity contribution in [1.29, 1.82) is 0 Å². The molecule has 0 N–H and O–H groups in total. The quantitative estimate of drug-likeness (QED) is 0.137. The van der Waals surface area contributed by atoms with E-state index in [4.69, 9.17) is 19.9 Å². The summed E-state index contributed by atoms with van der Waals surface area (Å²) in [4.78, 5) is 21.9. The molecule has 0 saturated carbocycles. The van der Waals surface area contributed by atoms with Crippen molar-refractivity contribution in [2.75, 3.05) is 0 Å². The second-order valence-electron chi connectivity index (χ2n) is 25.4. The zero-order chi connectivity index (χ0) is 64.4. The van der Waals surface area contributed by atoms with Crippen LogP contribution in [0.3, 0.4) is 0 Å². The molecule has 0 aliphatic heterocycles. The highest BCUT2D eigenvalue weighted by molar-refractivity contribution is 6.15. The van der Waals surface area contributed by atoms with E-state index < -0.39 is 0 Å². The summed E-state index contributed by atoms with van der Waals surface area (Å²) in [7, 11) is 0. The van der Waals surface area contributed by atoms with Crippen molar-refractivity contribution in [3.05, 3.63) is 340 Å². The number of benzene rings is 14. The molecule has 0 aliphatic rings. The van der Waals surface area contributed by atoms with Crippen molar-refractivity contribution in [1.82, 2.24) is 38.2 Å². The van der Waals surface area contributed by atoms with Crippen LogP contribution in [0.25, 0.3) is 189 Å². The molecule has 6 aromatic heterocycles. The molecule has 0 unspecified atom stereocenters. The second-order valence-corrected chi connectivity index (χ2v) is 25.4. The van der Waals surface area contributed by atoms with Crippen molar-refractivity contribution < 1.29 is 0 Å². The third-order valence-corrected chi connectivity index (χ3v) is 19.8. The van der Waals surface area contributed by atoms with Crippen LogP contribution in [0.15, 0.2) is 340 Å². The Labute approximate surface area is 563 Å². The summed E-state index contributed by atoms with van der Waals surface area (Å²) in [5.41, 5.74) is 23.8. The van der Waals surface area contributed by atoms with Gasteiger partial charge in [0.15, 0.2) is 5.82 Å². The normalized spacial score (nSPS) is 11.9. The number of hydrogen-bond acceptors (Lipinski definition) is 4. The lowest BCUT2D eigenvalue weighted by Crippen LogP contribution is -2.03. The smallest absolute Gasteiger partial charge is 0.235 e. The van der Waals surface area contributed by atoms with Gasteiger partial charge >= 0.3 is 0 Å². The minimum atomic E-state index is 0.608. The minimum Gasteiger partial charge on any atom is -0.309 e. The van der Waals surface area contributed by atoms with Gasteiger partial charge in [0, 0.05) is 87.8 Å². The van der Waals surface area contributed by atoms with Crippen molar-refractivity contribution in [3.63, 3.8) is 0 Å². The summed E-state index contributed by atoms with van der Waals surface area (Å²) in [5, 5.41) is 10.3. The summed E-state index contributed by atoms with van der Waals surface area (Å²) in [6.07, 6.45) is 0. The molecule has 0 aliphatic carbocycles. The van der Waals surface area contributed by atoms with Gasteiger partial charge in [0.25, 0.3) is 0 Å². The Morgan fingerprint density at radius 2 is 0.551 bits per heavy atom.